The molecule has 4 rings (SSSR count). The van der Waals surface area contributed by atoms with Crippen LogP contribution in [0.15, 0.2) is 36.7 Å². The average molecular weight is 333 g/mol. The highest BCUT2D eigenvalue weighted by atomic mass is 35.5. The minimum Gasteiger partial charge on any atom is -0.454 e. The van der Waals surface area contributed by atoms with Crippen molar-refractivity contribution in [3.63, 3.8) is 0 Å². The maximum absolute atomic E-state index is 6.38. The normalized spacial score (nSPS) is 20.7. The molecule has 5 nitrogen and oxygen atoms in total. The molecule has 2 aliphatic heterocycles. The highest BCUT2D eigenvalue weighted by molar-refractivity contribution is 6.31. The molecule has 1 fully saturated rings. The largest absolute Gasteiger partial charge is 0.454 e. The summed E-state index contributed by atoms with van der Waals surface area (Å²) < 4.78 is 16.7. The van der Waals surface area contributed by atoms with Gasteiger partial charge in [-0.2, -0.15) is 0 Å². The first kappa shape index (κ1) is 14.8. The van der Waals surface area contributed by atoms with Gasteiger partial charge in [-0.1, -0.05) is 17.7 Å². The van der Waals surface area contributed by atoms with Crippen molar-refractivity contribution in [1.29, 1.82) is 0 Å². The molecule has 120 valence electrons. The highest BCUT2D eigenvalue weighted by Gasteiger charge is 2.24. The summed E-state index contributed by atoms with van der Waals surface area (Å²) in [5, 5.41) is 0.707. The van der Waals surface area contributed by atoms with Crippen molar-refractivity contribution in [2.45, 2.75) is 12.6 Å². The molecular formula is C17H17ClN2O3. The number of pyridine rings is 1. The number of ether oxygens (including phenoxy) is 3. The number of hydrogen-bond acceptors (Lipinski definition) is 5. The Bertz CT molecular complexity index is 696. The number of morpholine rings is 1. The highest BCUT2D eigenvalue weighted by Crippen LogP contribution is 2.37. The first-order chi connectivity index (χ1) is 11.3. The number of benzene rings is 1. The van der Waals surface area contributed by atoms with E-state index in [4.69, 9.17) is 25.8 Å². The quantitative estimate of drug-likeness (QED) is 0.864. The molecule has 23 heavy (non-hydrogen) atoms. The van der Waals surface area contributed by atoms with E-state index in [1.54, 1.807) is 6.20 Å². The summed E-state index contributed by atoms with van der Waals surface area (Å²) >= 11 is 6.38. The first-order valence-corrected chi connectivity index (χ1v) is 7.99. The molecule has 1 aromatic heterocycles. The molecule has 0 amide bonds. The average Bonchev–Trinajstić information content (AvgIpc) is 3.03. The number of rotatable bonds is 3. The lowest BCUT2D eigenvalue weighted by Crippen LogP contribution is -2.37. The van der Waals surface area contributed by atoms with Crippen LogP contribution in [0.4, 0.5) is 0 Å². The summed E-state index contributed by atoms with van der Waals surface area (Å²) in [5.74, 6) is 1.48. The summed E-state index contributed by atoms with van der Waals surface area (Å²) in [5.41, 5.74) is 2.15. The Balaban J connectivity index is 1.49. The Morgan fingerprint density at radius 3 is 2.96 bits per heavy atom. The standard InChI is InChI=1S/C17H17ClN2O3/c18-14-7-16-15(22-11-23-16)6-13(14)9-20-4-5-21-17(10-20)12-2-1-3-19-8-12/h1-3,6-8,17H,4-5,9-11H2/t17-/m0/s1. The van der Waals surface area contributed by atoms with Crippen molar-refractivity contribution in [2.24, 2.45) is 0 Å². The molecule has 0 N–H and O–H groups in total. The molecule has 0 spiro atoms. The van der Waals surface area contributed by atoms with Crippen LogP contribution in [0.2, 0.25) is 5.02 Å². The van der Waals surface area contributed by atoms with Crippen LogP contribution in [0.3, 0.4) is 0 Å². The lowest BCUT2D eigenvalue weighted by molar-refractivity contribution is -0.0330. The van der Waals surface area contributed by atoms with Gasteiger partial charge in [0.05, 0.1) is 12.7 Å². The van der Waals surface area contributed by atoms with Gasteiger partial charge >= 0.3 is 0 Å². The molecule has 6 heteroatoms. The number of hydrogen-bond donors (Lipinski definition) is 0. The lowest BCUT2D eigenvalue weighted by atomic mass is 10.1. The zero-order chi connectivity index (χ0) is 15.6. The summed E-state index contributed by atoms with van der Waals surface area (Å²) in [7, 11) is 0. The minimum absolute atomic E-state index is 0.0465. The predicted molar refractivity (Wildman–Crippen MR) is 85.8 cm³/mol. The Morgan fingerprint density at radius 2 is 2.13 bits per heavy atom. The van der Waals surface area contributed by atoms with E-state index in [1.807, 2.05) is 24.4 Å². The maximum Gasteiger partial charge on any atom is 0.231 e. The van der Waals surface area contributed by atoms with Crippen LogP contribution >= 0.6 is 11.6 Å². The third kappa shape index (κ3) is 3.13. The van der Waals surface area contributed by atoms with Gasteiger partial charge < -0.3 is 14.2 Å². The Hall–Kier alpha value is -1.82. The molecule has 2 aliphatic rings. The van der Waals surface area contributed by atoms with Gasteiger partial charge in [0.25, 0.3) is 0 Å². The topological polar surface area (TPSA) is 43.8 Å². The fourth-order valence-corrected chi connectivity index (χ4v) is 3.15. The van der Waals surface area contributed by atoms with E-state index in [-0.39, 0.29) is 12.9 Å². The van der Waals surface area contributed by atoms with E-state index in [9.17, 15) is 0 Å². The molecule has 0 unspecified atom stereocenters. The monoisotopic (exact) mass is 332 g/mol. The third-order valence-corrected chi connectivity index (χ3v) is 4.49. The van der Waals surface area contributed by atoms with Crippen molar-refractivity contribution >= 4 is 11.6 Å². The zero-order valence-electron chi connectivity index (χ0n) is 12.6. The number of halogens is 1. The first-order valence-electron chi connectivity index (χ1n) is 7.61. The van der Waals surface area contributed by atoms with Crippen LogP contribution in [0.1, 0.15) is 17.2 Å². The minimum atomic E-state index is 0.0465. The molecule has 3 heterocycles. The van der Waals surface area contributed by atoms with E-state index < -0.39 is 0 Å². The predicted octanol–water partition coefficient (Wildman–Crippen LogP) is 3.04. The molecule has 0 bridgehead atoms. The Kier molecular flexibility index (Phi) is 4.08. The zero-order valence-corrected chi connectivity index (χ0v) is 13.3. The van der Waals surface area contributed by atoms with Crippen LogP contribution < -0.4 is 9.47 Å². The van der Waals surface area contributed by atoms with E-state index in [1.165, 1.54) is 0 Å². The molecule has 1 atom stereocenters. The number of aromatic nitrogens is 1. The van der Waals surface area contributed by atoms with Gasteiger partial charge in [0, 0.05) is 48.7 Å². The van der Waals surface area contributed by atoms with E-state index in [2.05, 4.69) is 16.0 Å². The number of nitrogens with zero attached hydrogens (tertiary/aromatic N) is 2. The summed E-state index contributed by atoms with van der Waals surface area (Å²) in [6, 6.07) is 7.79. The van der Waals surface area contributed by atoms with Crippen LogP contribution in [0.5, 0.6) is 11.5 Å². The summed E-state index contributed by atoms with van der Waals surface area (Å²) in [6.45, 7) is 3.41. The van der Waals surface area contributed by atoms with Crippen LogP contribution in [0.25, 0.3) is 0 Å². The van der Waals surface area contributed by atoms with Gasteiger partial charge in [-0.25, -0.2) is 0 Å². The second kappa shape index (κ2) is 6.35. The molecule has 1 aromatic carbocycles. The van der Waals surface area contributed by atoms with Crippen LogP contribution in [0, 0.1) is 0 Å². The number of fused-ring (bicyclic) bond motifs is 1. The van der Waals surface area contributed by atoms with Gasteiger partial charge in [-0.05, 0) is 17.7 Å². The van der Waals surface area contributed by atoms with Crippen molar-refractivity contribution < 1.29 is 14.2 Å². The molecule has 0 aliphatic carbocycles. The summed E-state index contributed by atoms with van der Waals surface area (Å²) in [6.07, 6.45) is 3.68. The van der Waals surface area contributed by atoms with E-state index in [0.717, 1.165) is 36.5 Å². The second-order valence-corrected chi connectivity index (χ2v) is 6.08. The molecule has 0 radical (unpaired) electrons. The Labute approximate surface area is 139 Å². The Morgan fingerprint density at radius 1 is 1.26 bits per heavy atom. The lowest BCUT2D eigenvalue weighted by Gasteiger charge is -2.33. The van der Waals surface area contributed by atoms with E-state index in [0.29, 0.717) is 17.4 Å². The van der Waals surface area contributed by atoms with Gasteiger partial charge in [0.15, 0.2) is 11.5 Å². The van der Waals surface area contributed by atoms with Crippen molar-refractivity contribution in [3.8, 4) is 11.5 Å². The second-order valence-electron chi connectivity index (χ2n) is 5.68. The van der Waals surface area contributed by atoms with Crippen LogP contribution in [-0.2, 0) is 11.3 Å². The molecule has 0 saturated carbocycles. The molecule has 2 aromatic rings. The van der Waals surface area contributed by atoms with Crippen LogP contribution in [-0.4, -0.2) is 36.4 Å². The molecular weight excluding hydrogens is 316 g/mol. The SMILES string of the molecule is Clc1cc2c(cc1CN1CCO[C@H](c3cccnc3)C1)OCO2. The fraction of sp³-hybridized carbons (Fsp3) is 0.353. The van der Waals surface area contributed by atoms with Crippen molar-refractivity contribution in [1.82, 2.24) is 9.88 Å². The smallest absolute Gasteiger partial charge is 0.231 e. The van der Waals surface area contributed by atoms with E-state index >= 15 is 0 Å². The summed E-state index contributed by atoms with van der Waals surface area (Å²) in [4.78, 5) is 6.51. The van der Waals surface area contributed by atoms with Gasteiger partial charge in [0.2, 0.25) is 6.79 Å². The van der Waals surface area contributed by atoms with Gasteiger partial charge in [-0.15, -0.1) is 0 Å². The van der Waals surface area contributed by atoms with Crippen molar-refractivity contribution in [2.75, 3.05) is 26.5 Å². The van der Waals surface area contributed by atoms with Gasteiger partial charge in [-0.3, -0.25) is 9.88 Å². The fourth-order valence-electron chi connectivity index (χ4n) is 2.94. The molecule has 1 saturated heterocycles. The third-order valence-electron chi connectivity index (χ3n) is 4.14. The van der Waals surface area contributed by atoms with Gasteiger partial charge in [0.1, 0.15) is 0 Å². The van der Waals surface area contributed by atoms with Crippen molar-refractivity contribution in [3.05, 3.63) is 52.8 Å². The maximum atomic E-state index is 6.38.